The molecule has 0 bridgehead atoms. The van der Waals surface area contributed by atoms with Crippen molar-refractivity contribution < 1.29 is 54.7 Å². The summed E-state index contributed by atoms with van der Waals surface area (Å²) in [6, 6.07) is 5.28. The highest BCUT2D eigenvalue weighted by Gasteiger charge is 2.45. The van der Waals surface area contributed by atoms with Gasteiger partial charge in [-0.2, -0.15) is 0 Å². The maximum atomic E-state index is 13.3. The largest absolute Gasteiger partial charge is 0.508 e. The number of phenols is 4. The van der Waals surface area contributed by atoms with Crippen molar-refractivity contribution in [3.63, 3.8) is 0 Å². The van der Waals surface area contributed by atoms with Gasteiger partial charge in [-0.1, -0.05) is 6.07 Å². The van der Waals surface area contributed by atoms with Crippen LogP contribution in [0.15, 0.2) is 39.5 Å². The number of aliphatic hydroxyl groups excluding tert-OH is 4. The van der Waals surface area contributed by atoms with Crippen LogP contribution in [-0.2, 0) is 4.74 Å². The SMILES string of the molecule is O=c1c(-c2ccc(O)c(O)c2)c(OC2OC(CO)C(O)C(O)C2O)oc2cc(O)cc(O)c12. The summed E-state index contributed by atoms with van der Waals surface area (Å²) in [5, 5.41) is 78.7. The van der Waals surface area contributed by atoms with Crippen LogP contribution in [0.25, 0.3) is 22.1 Å². The number of aliphatic hydroxyl groups is 4. The Morgan fingerprint density at radius 1 is 0.879 bits per heavy atom. The Morgan fingerprint density at radius 2 is 1.61 bits per heavy atom. The Kier molecular flexibility index (Phi) is 5.78. The monoisotopic (exact) mass is 464 g/mol. The normalized spacial score (nSPS) is 25.3. The summed E-state index contributed by atoms with van der Waals surface area (Å²) in [4.78, 5) is 13.3. The summed E-state index contributed by atoms with van der Waals surface area (Å²) >= 11 is 0. The van der Waals surface area contributed by atoms with Crippen LogP contribution in [0.3, 0.4) is 0 Å². The molecule has 1 aliphatic rings. The minimum Gasteiger partial charge on any atom is -0.508 e. The average molecular weight is 464 g/mol. The molecule has 2 heterocycles. The van der Waals surface area contributed by atoms with Gasteiger partial charge in [-0.05, 0) is 17.7 Å². The maximum Gasteiger partial charge on any atom is 0.299 e. The van der Waals surface area contributed by atoms with Gasteiger partial charge in [-0.25, -0.2) is 0 Å². The van der Waals surface area contributed by atoms with Gasteiger partial charge in [-0.3, -0.25) is 4.79 Å². The Bertz CT molecular complexity index is 1250. The number of hydrogen-bond donors (Lipinski definition) is 8. The number of rotatable bonds is 4. The van der Waals surface area contributed by atoms with E-state index in [2.05, 4.69) is 0 Å². The molecule has 0 amide bonds. The van der Waals surface area contributed by atoms with Gasteiger partial charge in [0, 0.05) is 12.1 Å². The van der Waals surface area contributed by atoms with Crippen LogP contribution in [0.4, 0.5) is 0 Å². The van der Waals surface area contributed by atoms with E-state index < -0.39 is 71.7 Å². The lowest BCUT2D eigenvalue weighted by Crippen LogP contribution is -2.60. The number of phenolic OH excluding ortho intramolecular Hbond substituents is 4. The quantitative estimate of drug-likeness (QED) is 0.229. The molecular formula is C21H20O12. The Hall–Kier alpha value is -3.55. The molecule has 12 nitrogen and oxygen atoms in total. The molecule has 3 aromatic rings. The topological polar surface area (TPSA) is 211 Å². The van der Waals surface area contributed by atoms with E-state index in [-0.39, 0.29) is 22.1 Å². The summed E-state index contributed by atoms with van der Waals surface area (Å²) in [6.45, 7) is -0.729. The number of ether oxygens (including phenoxy) is 2. The van der Waals surface area contributed by atoms with Gasteiger partial charge in [-0.15, -0.1) is 0 Å². The summed E-state index contributed by atoms with van der Waals surface area (Å²) < 4.78 is 16.4. The first kappa shape index (κ1) is 22.6. The van der Waals surface area contributed by atoms with Crippen molar-refractivity contribution in [1.82, 2.24) is 0 Å². The highest BCUT2D eigenvalue weighted by molar-refractivity contribution is 5.89. The third kappa shape index (κ3) is 3.90. The summed E-state index contributed by atoms with van der Waals surface area (Å²) in [6.07, 6.45) is -8.30. The molecule has 4 rings (SSSR count). The molecule has 33 heavy (non-hydrogen) atoms. The molecule has 5 unspecified atom stereocenters. The number of aromatic hydroxyl groups is 4. The minimum absolute atomic E-state index is 0.0204. The molecule has 1 saturated heterocycles. The van der Waals surface area contributed by atoms with Crippen LogP contribution >= 0.6 is 0 Å². The van der Waals surface area contributed by atoms with E-state index in [1.54, 1.807) is 0 Å². The van der Waals surface area contributed by atoms with Crippen molar-refractivity contribution in [2.75, 3.05) is 6.61 Å². The zero-order chi connectivity index (χ0) is 24.0. The molecule has 1 aromatic heterocycles. The molecular weight excluding hydrogens is 444 g/mol. The second kappa shape index (κ2) is 8.42. The van der Waals surface area contributed by atoms with Crippen molar-refractivity contribution in [2.24, 2.45) is 0 Å². The number of hydrogen-bond acceptors (Lipinski definition) is 12. The molecule has 0 radical (unpaired) electrons. The van der Waals surface area contributed by atoms with Gasteiger partial charge in [0.2, 0.25) is 11.7 Å². The molecule has 0 saturated carbocycles. The lowest BCUT2D eigenvalue weighted by Gasteiger charge is -2.39. The van der Waals surface area contributed by atoms with Crippen molar-refractivity contribution in [3.8, 4) is 40.1 Å². The van der Waals surface area contributed by atoms with Gasteiger partial charge in [0.1, 0.15) is 52.4 Å². The molecule has 12 heteroatoms. The van der Waals surface area contributed by atoms with Crippen molar-refractivity contribution in [1.29, 1.82) is 0 Å². The van der Waals surface area contributed by atoms with Gasteiger partial charge >= 0.3 is 0 Å². The highest BCUT2D eigenvalue weighted by Crippen LogP contribution is 2.39. The third-order valence-electron chi connectivity index (χ3n) is 5.26. The van der Waals surface area contributed by atoms with Gasteiger partial charge in [0.05, 0.1) is 6.61 Å². The minimum atomic E-state index is -1.83. The average Bonchev–Trinajstić information content (AvgIpc) is 2.75. The smallest absolute Gasteiger partial charge is 0.299 e. The lowest BCUT2D eigenvalue weighted by molar-refractivity contribution is -0.280. The number of fused-ring (bicyclic) bond motifs is 1. The molecule has 0 aliphatic carbocycles. The fraction of sp³-hybridized carbons (Fsp3) is 0.286. The van der Waals surface area contributed by atoms with E-state index >= 15 is 0 Å². The van der Waals surface area contributed by atoms with Gasteiger partial charge < -0.3 is 54.7 Å². The van der Waals surface area contributed by atoms with Gasteiger partial charge in [0.25, 0.3) is 5.95 Å². The Labute approximate surface area is 184 Å². The molecule has 8 N–H and O–H groups in total. The predicted molar refractivity (Wildman–Crippen MR) is 109 cm³/mol. The summed E-state index contributed by atoms with van der Waals surface area (Å²) in [5.74, 6) is -2.71. The van der Waals surface area contributed by atoms with Crippen LogP contribution < -0.4 is 10.2 Å². The van der Waals surface area contributed by atoms with E-state index in [0.717, 1.165) is 24.3 Å². The van der Waals surface area contributed by atoms with E-state index in [1.807, 2.05) is 0 Å². The molecule has 2 aromatic carbocycles. The van der Waals surface area contributed by atoms with Crippen molar-refractivity contribution >= 4 is 11.0 Å². The fourth-order valence-electron chi connectivity index (χ4n) is 3.55. The van der Waals surface area contributed by atoms with E-state index in [4.69, 9.17) is 13.9 Å². The maximum absolute atomic E-state index is 13.3. The highest BCUT2D eigenvalue weighted by atomic mass is 16.7. The third-order valence-corrected chi connectivity index (χ3v) is 5.26. The van der Waals surface area contributed by atoms with E-state index in [1.165, 1.54) is 6.07 Å². The van der Waals surface area contributed by atoms with Crippen molar-refractivity contribution in [2.45, 2.75) is 30.7 Å². The molecule has 1 fully saturated rings. The lowest BCUT2D eigenvalue weighted by atomic mass is 9.99. The van der Waals surface area contributed by atoms with Crippen LogP contribution in [0.1, 0.15) is 0 Å². The molecule has 1 aliphatic heterocycles. The first-order valence-electron chi connectivity index (χ1n) is 9.64. The van der Waals surface area contributed by atoms with Crippen LogP contribution in [-0.4, -0.2) is 78.2 Å². The first-order chi connectivity index (χ1) is 15.6. The van der Waals surface area contributed by atoms with Crippen LogP contribution in [0.2, 0.25) is 0 Å². The van der Waals surface area contributed by atoms with Crippen LogP contribution in [0, 0.1) is 0 Å². The zero-order valence-electron chi connectivity index (χ0n) is 16.7. The van der Waals surface area contributed by atoms with Gasteiger partial charge in [0.15, 0.2) is 11.5 Å². The second-order valence-corrected chi connectivity index (χ2v) is 7.45. The Balaban J connectivity index is 1.91. The first-order valence-corrected chi connectivity index (χ1v) is 9.64. The zero-order valence-corrected chi connectivity index (χ0v) is 16.7. The number of benzene rings is 2. The summed E-state index contributed by atoms with van der Waals surface area (Å²) in [5.41, 5.74) is -1.55. The summed E-state index contributed by atoms with van der Waals surface area (Å²) in [7, 11) is 0. The van der Waals surface area contributed by atoms with Crippen molar-refractivity contribution in [3.05, 3.63) is 40.6 Å². The molecule has 0 spiro atoms. The second-order valence-electron chi connectivity index (χ2n) is 7.45. The van der Waals surface area contributed by atoms with E-state index in [9.17, 15) is 45.6 Å². The standard InChI is InChI=1S/C21H20O12/c22-6-13-16(27)18(29)19(30)21(32-13)33-20-14(7-1-2-9(24)10(25)3-7)17(28)15-11(26)4-8(23)5-12(15)31-20/h1-5,13,16,18-19,21-27,29-30H,6H2. The molecule has 176 valence electrons. The Morgan fingerprint density at radius 3 is 2.27 bits per heavy atom. The van der Waals surface area contributed by atoms with E-state index in [0.29, 0.717) is 0 Å². The fourth-order valence-corrected chi connectivity index (χ4v) is 3.55. The van der Waals surface area contributed by atoms with Crippen LogP contribution in [0.5, 0.6) is 28.9 Å². The predicted octanol–water partition coefficient (Wildman–Crippen LogP) is -0.539. The molecule has 5 atom stereocenters.